The van der Waals surface area contributed by atoms with Crippen LogP contribution in [0.5, 0.6) is 0 Å². The fourth-order valence-electron chi connectivity index (χ4n) is 1.37. The maximum atomic E-state index is 13.6. The van der Waals surface area contributed by atoms with E-state index in [9.17, 15) is 17.7 Å². The van der Waals surface area contributed by atoms with Gasteiger partial charge < -0.3 is 0 Å². The number of anilines is 1. The summed E-state index contributed by atoms with van der Waals surface area (Å²) in [7, 11) is 0. The number of halogens is 4. The molecule has 0 aromatic heterocycles. The maximum Gasteiger partial charge on any atom is 0.187 e. The summed E-state index contributed by atoms with van der Waals surface area (Å²) in [6.07, 6.45) is 1.47. The van der Waals surface area contributed by atoms with Crippen molar-refractivity contribution in [1.82, 2.24) is 0 Å². The molecule has 0 amide bonds. The summed E-state index contributed by atoms with van der Waals surface area (Å²) < 4.78 is 54.3. The first-order valence-corrected chi connectivity index (χ1v) is 5.52. The molecule has 0 spiro atoms. The van der Waals surface area contributed by atoms with E-state index < -0.39 is 39.9 Å². The SMILES string of the molecule is C=CCc1c(F)cc(N(F)N=CC(C#N)C#N)c(F)c1F. The predicted octanol–water partition coefficient (Wildman–Crippen LogP) is 3.17. The first kappa shape index (κ1) is 16.2. The highest BCUT2D eigenvalue weighted by Gasteiger charge is 2.22. The molecule has 0 atom stereocenters. The fraction of sp³-hybridized carbons (Fsp3) is 0.154. The van der Waals surface area contributed by atoms with Gasteiger partial charge in [-0.3, -0.25) is 0 Å². The van der Waals surface area contributed by atoms with E-state index in [0.29, 0.717) is 12.3 Å². The second-order valence-corrected chi connectivity index (χ2v) is 3.74. The van der Waals surface area contributed by atoms with Gasteiger partial charge in [-0.1, -0.05) is 15.8 Å². The van der Waals surface area contributed by atoms with E-state index in [1.165, 1.54) is 12.1 Å². The molecule has 8 heteroatoms. The van der Waals surface area contributed by atoms with Gasteiger partial charge >= 0.3 is 0 Å². The zero-order valence-corrected chi connectivity index (χ0v) is 10.5. The van der Waals surface area contributed by atoms with Gasteiger partial charge in [0.05, 0.1) is 18.4 Å². The maximum absolute atomic E-state index is 13.6. The second-order valence-electron chi connectivity index (χ2n) is 3.74. The molecule has 0 bridgehead atoms. The largest absolute Gasteiger partial charge is 0.206 e. The molecule has 0 N–H and O–H groups in total. The molecule has 1 aromatic carbocycles. The Morgan fingerprint density at radius 3 is 2.43 bits per heavy atom. The normalized spacial score (nSPS) is 10.4. The summed E-state index contributed by atoms with van der Waals surface area (Å²) in [6, 6.07) is 3.35. The predicted molar refractivity (Wildman–Crippen MR) is 67.0 cm³/mol. The van der Waals surface area contributed by atoms with Gasteiger partial charge in [0, 0.05) is 11.6 Å². The average molecular weight is 296 g/mol. The van der Waals surface area contributed by atoms with Gasteiger partial charge in [0.1, 0.15) is 11.5 Å². The monoisotopic (exact) mass is 296 g/mol. The molecular formula is C13H8F4N4. The zero-order chi connectivity index (χ0) is 16.0. The van der Waals surface area contributed by atoms with E-state index in [4.69, 9.17) is 10.5 Å². The zero-order valence-electron chi connectivity index (χ0n) is 10.5. The van der Waals surface area contributed by atoms with Crippen LogP contribution in [0.1, 0.15) is 5.56 Å². The third-order valence-electron chi connectivity index (χ3n) is 2.38. The third-order valence-corrected chi connectivity index (χ3v) is 2.38. The number of nitrogens with zero attached hydrogens (tertiary/aromatic N) is 4. The van der Waals surface area contributed by atoms with Gasteiger partial charge in [0.25, 0.3) is 0 Å². The number of rotatable bonds is 5. The third kappa shape index (κ3) is 3.57. The standard InChI is InChI=1S/C13H8F4N4/c1-2-3-9-10(14)4-11(13(16)12(9)15)21(17)20-7-8(5-18)6-19/h2,4,7-8H,1,3H2. The Kier molecular flexibility index (Phi) is 5.44. The summed E-state index contributed by atoms with van der Waals surface area (Å²) in [6.45, 7) is 3.27. The van der Waals surface area contributed by atoms with Crippen LogP contribution in [0, 0.1) is 46.0 Å². The molecule has 4 nitrogen and oxygen atoms in total. The van der Waals surface area contributed by atoms with E-state index in [0.717, 1.165) is 6.08 Å². The second kappa shape index (κ2) is 7.06. The van der Waals surface area contributed by atoms with E-state index in [1.54, 1.807) is 0 Å². The van der Waals surface area contributed by atoms with Crippen LogP contribution in [-0.2, 0) is 6.42 Å². The van der Waals surface area contributed by atoms with Crippen molar-refractivity contribution in [3.8, 4) is 12.1 Å². The van der Waals surface area contributed by atoms with Crippen LogP contribution in [0.15, 0.2) is 23.8 Å². The summed E-state index contributed by atoms with van der Waals surface area (Å²) in [5.74, 6) is -5.74. The molecule has 0 saturated heterocycles. The lowest BCUT2D eigenvalue weighted by molar-refractivity contribution is 0.418. The highest BCUT2D eigenvalue weighted by molar-refractivity contribution is 5.69. The minimum absolute atomic E-state index is 0.268. The van der Waals surface area contributed by atoms with Gasteiger partial charge in [0.15, 0.2) is 17.6 Å². The van der Waals surface area contributed by atoms with E-state index in [2.05, 4.69) is 11.7 Å². The molecule has 0 heterocycles. The topological polar surface area (TPSA) is 63.2 Å². The molecule has 1 rings (SSSR count). The number of allylic oxidation sites excluding steroid dienone is 1. The van der Waals surface area contributed by atoms with Gasteiger partial charge in [-0.05, 0) is 6.42 Å². The van der Waals surface area contributed by atoms with Gasteiger partial charge in [-0.15, -0.1) is 6.58 Å². The summed E-state index contributed by atoms with van der Waals surface area (Å²) in [5, 5.41) is 19.2. The molecule has 0 aliphatic carbocycles. The molecular weight excluding hydrogens is 288 g/mol. The van der Waals surface area contributed by atoms with Crippen LogP contribution < -0.4 is 5.23 Å². The van der Waals surface area contributed by atoms with Crippen LogP contribution in [0.3, 0.4) is 0 Å². The van der Waals surface area contributed by atoms with Gasteiger partial charge in [-0.25, -0.2) is 13.2 Å². The number of hydrazone groups is 1. The molecule has 21 heavy (non-hydrogen) atoms. The Labute approximate surface area is 117 Å². The lowest BCUT2D eigenvalue weighted by atomic mass is 10.1. The van der Waals surface area contributed by atoms with Crippen molar-refractivity contribution >= 4 is 11.9 Å². The molecule has 0 aliphatic rings. The summed E-state index contributed by atoms with van der Waals surface area (Å²) in [5.41, 5.74) is -1.70. The highest BCUT2D eigenvalue weighted by atomic mass is 19.2. The summed E-state index contributed by atoms with van der Waals surface area (Å²) in [4.78, 5) is 0. The fourth-order valence-corrected chi connectivity index (χ4v) is 1.37. The van der Waals surface area contributed by atoms with Crippen molar-refractivity contribution in [3.05, 3.63) is 41.7 Å². The average Bonchev–Trinajstić information content (AvgIpc) is 2.48. The number of benzene rings is 1. The van der Waals surface area contributed by atoms with E-state index in [-0.39, 0.29) is 6.42 Å². The van der Waals surface area contributed by atoms with Crippen molar-refractivity contribution in [2.45, 2.75) is 6.42 Å². The van der Waals surface area contributed by atoms with Crippen LogP contribution in [-0.4, -0.2) is 6.21 Å². The Hall–Kier alpha value is -2.87. The van der Waals surface area contributed by atoms with E-state index in [1.807, 2.05) is 0 Å². The smallest absolute Gasteiger partial charge is 0.187 e. The molecule has 0 saturated carbocycles. The minimum Gasteiger partial charge on any atom is -0.206 e. The highest BCUT2D eigenvalue weighted by Crippen LogP contribution is 2.28. The van der Waals surface area contributed by atoms with E-state index >= 15 is 0 Å². The number of nitriles is 2. The number of hydrogen-bond donors (Lipinski definition) is 0. The lowest BCUT2D eigenvalue weighted by Crippen LogP contribution is -2.11. The minimum atomic E-state index is -1.64. The van der Waals surface area contributed by atoms with Crippen LogP contribution in [0.25, 0.3) is 0 Å². The van der Waals surface area contributed by atoms with Crippen molar-refractivity contribution in [1.29, 1.82) is 10.5 Å². The van der Waals surface area contributed by atoms with Crippen molar-refractivity contribution in [2.75, 3.05) is 5.23 Å². The van der Waals surface area contributed by atoms with Crippen molar-refractivity contribution in [2.24, 2.45) is 11.0 Å². The Morgan fingerprint density at radius 2 is 1.90 bits per heavy atom. The Bertz CT molecular complexity index is 644. The molecule has 1 aromatic rings. The first-order valence-electron chi connectivity index (χ1n) is 5.52. The molecule has 0 radical (unpaired) electrons. The van der Waals surface area contributed by atoms with Crippen LogP contribution in [0.4, 0.5) is 23.3 Å². The Balaban J connectivity index is 3.18. The molecule has 108 valence electrons. The molecule has 0 aliphatic heterocycles. The molecule has 0 unspecified atom stereocenters. The van der Waals surface area contributed by atoms with Gasteiger partial charge in [0.2, 0.25) is 0 Å². The van der Waals surface area contributed by atoms with Crippen molar-refractivity contribution in [3.63, 3.8) is 0 Å². The van der Waals surface area contributed by atoms with Crippen molar-refractivity contribution < 1.29 is 17.7 Å². The summed E-state index contributed by atoms with van der Waals surface area (Å²) >= 11 is 0. The van der Waals surface area contributed by atoms with Crippen LogP contribution >= 0.6 is 0 Å². The van der Waals surface area contributed by atoms with Crippen LogP contribution in [0.2, 0.25) is 0 Å². The Morgan fingerprint density at radius 1 is 1.29 bits per heavy atom. The lowest BCUT2D eigenvalue weighted by Gasteiger charge is -2.11. The van der Waals surface area contributed by atoms with Gasteiger partial charge in [-0.2, -0.15) is 15.6 Å². The number of hydrogen-bond acceptors (Lipinski definition) is 4. The first-order chi connectivity index (χ1) is 9.96. The molecule has 0 fully saturated rings. The quantitative estimate of drug-likeness (QED) is 0.209.